The summed E-state index contributed by atoms with van der Waals surface area (Å²) in [5, 5.41) is 0. The van der Waals surface area contributed by atoms with Gasteiger partial charge in [0, 0.05) is 13.3 Å². The molecule has 106 valence electrons. The molecule has 1 aromatic heterocycles. The van der Waals surface area contributed by atoms with E-state index in [1.807, 2.05) is 31.7 Å². The van der Waals surface area contributed by atoms with Gasteiger partial charge in [0.2, 0.25) is 0 Å². The van der Waals surface area contributed by atoms with Gasteiger partial charge in [0.25, 0.3) is 10.1 Å². The maximum Gasteiger partial charge on any atom is 0.294 e. The Morgan fingerprint density at radius 1 is 1.30 bits per heavy atom. The Hall–Kier alpha value is -1.79. The quantitative estimate of drug-likeness (QED) is 0.685. The molecule has 6 heteroatoms. The van der Waals surface area contributed by atoms with Crippen molar-refractivity contribution < 1.29 is 17.5 Å². The highest BCUT2D eigenvalue weighted by Crippen LogP contribution is 2.17. The lowest BCUT2D eigenvalue weighted by atomic mass is 10.0. The van der Waals surface area contributed by atoms with Crippen LogP contribution in [0.2, 0.25) is 0 Å². The van der Waals surface area contributed by atoms with Crippen LogP contribution >= 0.6 is 0 Å². The monoisotopic (exact) mass is 293 g/mol. The van der Waals surface area contributed by atoms with E-state index in [2.05, 4.69) is 4.98 Å². The van der Waals surface area contributed by atoms with Crippen molar-refractivity contribution in [2.45, 2.75) is 25.2 Å². The SMILES string of the molecule is Cc1ccc(S(=O)(=O)O)cc1Cc1c[n+](C)c(C)cn1. The van der Waals surface area contributed by atoms with Gasteiger partial charge >= 0.3 is 0 Å². The molecule has 5 nitrogen and oxygen atoms in total. The number of aryl methyl sites for hydroxylation is 3. The first-order valence-electron chi connectivity index (χ1n) is 6.15. The minimum atomic E-state index is -4.17. The summed E-state index contributed by atoms with van der Waals surface area (Å²) in [7, 11) is -2.24. The fourth-order valence-electron chi connectivity index (χ4n) is 1.91. The third-order valence-corrected chi connectivity index (χ3v) is 4.16. The van der Waals surface area contributed by atoms with Gasteiger partial charge in [-0.05, 0) is 30.2 Å². The minimum absolute atomic E-state index is 0.0883. The van der Waals surface area contributed by atoms with Crippen LogP contribution in [-0.4, -0.2) is 18.0 Å². The summed E-state index contributed by atoms with van der Waals surface area (Å²) in [4.78, 5) is 4.25. The highest BCUT2D eigenvalue weighted by molar-refractivity contribution is 7.85. The lowest BCUT2D eigenvalue weighted by molar-refractivity contribution is -0.678. The van der Waals surface area contributed by atoms with E-state index >= 15 is 0 Å². The average Bonchev–Trinajstić information content (AvgIpc) is 2.35. The molecular formula is C14H17N2O3S+. The highest BCUT2D eigenvalue weighted by Gasteiger charge is 2.13. The molecule has 0 bridgehead atoms. The van der Waals surface area contributed by atoms with Crippen LogP contribution in [0.4, 0.5) is 0 Å². The van der Waals surface area contributed by atoms with Gasteiger partial charge in [-0.2, -0.15) is 8.42 Å². The van der Waals surface area contributed by atoms with E-state index in [4.69, 9.17) is 4.55 Å². The number of hydrogen-bond donors (Lipinski definition) is 1. The molecule has 0 aliphatic carbocycles. The van der Waals surface area contributed by atoms with E-state index in [-0.39, 0.29) is 4.90 Å². The molecule has 0 amide bonds. The maximum absolute atomic E-state index is 11.2. The van der Waals surface area contributed by atoms with E-state index in [1.54, 1.807) is 12.3 Å². The van der Waals surface area contributed by atoms with Crippen molar-refractivity contribution in [1.29, 1.82) is 0 Å². The second-order valence-electron chi connectivity index (χ2n) is 4.87. The Labute approximate surface area is 118 Å². The number of benzene rings is 1. The van der Waals surface area contributed by atoms with Crippen LogP contribution in [0.25, 0.3) is 0 Å². The zero-order chi connectivity index (χ0) is 14.9. The molecule has 1 heterocycles. The average molecular weight is 293 g/mol. The zero-order valence-corrected chi connectivity index (χ0v) is 12.5. The van der Waals surface area contributed by atoms with E-state index < -0.39 is 10.1 Å². The fraction of sp³-hybridized carbons (Fsp3) is 0.286. The number of rotatable bonds is 3. The molecular weight excluding hydrogens is 276 g/mol. The van der Waals surface area contributed by atoms with Gasteiger partial charge < -0.3 is 0 Å². The Bertz CT molecular complexity index is 755. The van der Waals surface area contributed by atoms with Crippen LogP contribution in [-0.2, 0) is 23.6 Å². The molecule has 1 aromatic carbocycles. The van der Waals surface area contributed by atoms with Crippen LogP contribution in [0, 0.1) is 13.8 Å². The smallest absolute Gasteiger partial charge is 0.282 e. The summed E-state index contributed by atoms with van der Waals surface area (Å²) in [6, 6.07) is 4.58. The van der Waals surface area contributed by atoms with Crippen molar-refractivity contribution >= 4 is 10.1 Å². The highest BCUT2D eigenvalue weighted by atomic mass is 32.2. The molecule has 20 heavy (non-hydrogen) atoms. The van der Waals surface area contributed by atoms with Crippen molar-refractivity contribution in [2.75, 3.05) is 0 Å². The van der Waals surface area contributed by atoms with Crippen molar-refractivity contribution in [2.24, 2.45) is 7.05 Å². The van der Waals surface area contributed by atoms with Crippen LogP contribution in [0.3, 0.4) is 0 Å². The Morgan fingerprint density at radius 3 is 2.60 bits per heavy atom. The molecule has 0 aliphatic heterocycles. The molecule has 0 spiro atoms. The normalized spacial score (nSPS) is 11.6. The standard InChI is InChI=1S/C14H16N2O3S/c1-10-4-5-14(20(17,18)19)7-12(10)6-13-9-16(3)11(2)8-15-13/h4-5,7-9H,6H2,1-3H3/p+1. The lowest BCUT2D eigenvalue weighted by Gasteiger charge is -2.07. The molecule has 0 saturated carbocycles. The molecule has 0 saturated heterocycles. The van der Waals surface area contributed by atoms with E-state index in [0.29, 0.717) is 6.42 Å². The van der Waals surface area contributed by atoms with Gasteiger partial charge in [0.15, 0.2) is 11.9 Å². The van der Waals surface area contributed by atoms with Gasteiger partial charge in [0.05, 0.1) is 11.1 Å². The summed E-state index contributed by atoms with van der Waals surface area (Å²) in [6.07, 6.45) is 4.20. The zero-order valence-electron chi connectivity index (χ0n) is 11.7. The molecule has 2 aromatic rings. The molecule has 0 atom stereocenters. The number of hydrogen-bond acceptors (Lipinski definition) is 3. The predicted molar refractivity (Wildman–Crippen MR) is 73.9 cm³/mol. The van der Waals surface area contributed by atoms with Crippen molar-refractivity contribution in [1.82, 2.24) is 4.98 Å². The molecule has 0 unspecified atom stereocenters. The van der Waals surface area contributed by atoms with Crippen molar-refractivity contribution in [3.05, 3.63) is 53.1 Å². The largest absolute Gasteiger partial charge is 0.294 e. The van der Waals surface area contributed by atoms with Gasteiger partial charge in [-0.3, -0.25) is 4.55 Å². The Morgan fingerprint density at radius 2 is 2.00 bits per heavy atom. The fourth-order valence-corrected chi connectivity index (χ4v) is 2.44. The van der Waals surface area contributed by atoms with Crippen LogP contribution in [0.15, 0.2) is 35.5 Å². The first kappa shape index (κ1) is 14.6. The number of nitrogens with zero attached hydrogens (tertiary/aromatic N) is 2. The molecule has 0 aliphatic rings. The second-order valence-corrected chi connectivity index (χ2v) is 6.29. The van der Waals surface area contributed by atoms with Crippen LogP contribution < -0.4 is 4.57 Å². The summed E-state index contributed by atoms with van der Waals surface area (Å²) >= 11 is 0. The Kier molecular flexibility index (Phi) is 3.87. The van der Waals surface area contributed by atoms with Gasteiger partial charge in [0.1, 0.15) is 12.7 Å². The summed E-state index contributed by atoms with van der Waals surface area (Å²) in [5.74, 6) is 0. The lowest BCUT2D eigenvalue weighted by Crippen LogP contribution is -2.32. The van der Waals surface area contributed by atoms with Crippen molar-refractivity contribution in [3.63, 3.8) is 0 Å². The molecule has 0 radical (unpaired) electrons. The number of aromatic nitrogens is 2. The predicted octanol–water partition coefficient (Wildman–Crippen LogP) is 1.36. The second kappa shape index (κ2) is 5.30. The van der Waals surface area contributed by atoms with Crippen LogP contribution in [0.5, 0.6) is 0 Å². The van der Waals surface area contributed by atoms with Gasteiger partial charge in [-0.1, -0.05) is 6.07 Å². The minimum Gasteiger partial charge on any atom is -0.282 e. The molecule has 2 rings (SSSR count). The Balaban J connectivity index is 2.40. The third-order valence-electron chi connectivity index (χ3n) is 3.31. The first-order chi connectivity index (χ1) is 9.27. The molecule has 0 fully saturated rings. The molecule has 1 N–H and O–H groups in total. The summed E-state index contributed by atoms with van der Waals surface area (Å²) in [5.41, 5.74) is 3.67. The third kappa shape index (κ3) is 3.20. The van der Waals surface area contributed by atoms with Crippen LogP contribution in [0.1, 0.15) is 22.5 Å². The summed E-state index contributed by atoms with van der Waals surface area (Å²) in [6.45, 7) is 3.86. The van der Waals surface area contributed by atoms with Gasteiger partial charge in [-0.25, -0.2) is 9.55 Å². The first-order valence-corrected chi connectivity index (χ1v) is 7.59. The summed E-state index contributed by atoms with van der Waals surface area (Å²) < 4.78 is 33.4. The van der Waals surface area contributed by atoms with E-state index in [1.165, 1.54) is 12.1 Å². The maximum atomic E-state index is 11.2. The van der Waals surface area contributed by atoms with E-state index in [0.717, 1.165) is 22.5 Å². The van der Waals surface area contributed by atoms with Gasteiger partial charge in [-0.15, -0.1) is 0 Å². The van der Waals surface area contributed by atoms with E-state index in [9.17, 15) is 8.42 Å². The topological polar surface area (TPSA) is 71.1 Å². The van der Waals surface area contributed by atoms with Crippen molar-refractivity contribution in [3.8, 4) is 0 Å².